The van der Waals surface area contributed by atoms with E-state index in [-0.39, 0.29) is 6.61 Å². The molecule has 0 saturated heterocycles. The maximum Gasteiger partial charge on any atom is 0.173 e. The fraction of sp³-hybridized carbons (Fsp3) is 0.118. The van der Waals surface area contributed by atoms with Gasteiger partial charge in [-0.2, -0.15) is 0 Å². The average molecular weight is 301 g/mol. The van der Waals surface area contributed by atoms with E-state index in [0.717, 1.165) is 23.3 Å². The first kappa shape index (κ1) is 14.4. The smallest absolute Gasteiger partial charge is 0.173 e. The van der Waals surface area contributed by atoms with E-state index in [1.807, 2.05) is 31.2 Å². The van der Waals surface area contributed by atoms with Crippen LogP contribution in [0.3, 0.4) is 0 Å². The van der Waals surface area contributed by atoms with Crippen LogP contribution in [0.25, 0.3) is 22.6 Å². The molecule has 0 radical (unpaired) electrons. The normalized spacial score (nSPS) is 10.9. The van der Waals surface area contributed by atoms with E-state index < -0.39 is 11.6 Å². The molecule has 1 N–H and O–H groups in total. The van der Waals surface area contributed by atoms with E-state index in [1.165, 1.54) is 6.07 Å². The number of halogens is 2. The third kappa shape index (κ3) is 2.51. The summed E-state index contributed by atoms with van der Waals surface area (Å²) in [6.45, 7) is 1.62. The van der Waals surface area contributed by atoms with Crippen LogP contribution in [0, 0.1) is 18.6 Å². The molecule has 1 heterocycles. The predicted molar refractivity (Wildman–Crippen MR) is 78.0 cm³/mol. The van der Waals surface area contributed by atoms with Crippen molar-refractivity contribution in [1.29, 1.82) is 0 Å². The molecule has 3 aromatic rings. The molecule has 0 atom stereocenters. The van der Waals surface area contributed by atoms with Gasteiger partial charge in [-0.1, -0.05) is 28.9 Å². The van der Waals surface area contributed by atoms with Crippen LogP contribution < -0.4 is 0 Å². The number of nitrogens with zero attached hydrogens (tertiary/aromatic N) is 1. The third-order valence-electron chi connectivity index (χ3n) is 3.42. The van der Waals surface area contributed by atoms with Gasteiger partial charge in [-0.15, -0.1) is 0 Å². The maximum atomic E-state index is 13.4. The van der Waals surface area contributed by atoms with Crippen LogP contribution in [0.2, 0.25) is 0 Å². The molecule has 0 amide bonds. The van der Waals surface area contributed by atoms with E-state index in [2.05, 4.69) is 5.16 Å². The summed E-state index contributed by atoms with van der Waals surface area (Å²) in [6.07, 6.45) is 0. The van der Waals surface area contributed by atoms with Gasteiger partial charge >= 0.3 is 0 Å². The van der Waals surface area contributed by atoms with Crippen molar-refractivity contribution in [2.24, 2.45) is 0 Å². The van der Waals surface area contributed by atoms with Gasteiger partial charge in [-0.05, 0) is 31.2 Å². The third-order valence-corrected chi connectivity index (χ3v) is 3.42. The Morgan fingerprint density at radius 1 is 1.05 bits per heavy atom. The lowest BCUT2D eigenvalue weighted by Gasteiger charge is -2.03. The molecular formula is C17H13F2NO2. The van der Waals surface area contributed by atoms with Crippen LogP contribution in [-0.2, 0) is 6.61 Å². The highest BCUT2D eigenvalue weighted by atomic mass is 19.2. The number of rotatable bonds is 3. The number of aryl methyl sites for hydroxylation is 1. The zero-order valence-corrected chi connectivity index (χ0v) is 11.8. The molecule has 0 spiro atoms. The van der Waals surface area contributed by atoms with E-state index in [1.54, 1.807) is 0 Å². The molecule has 3 rings (SSSR count). The molecule has 0 bridgehead atoms. The van der Waals surface area contributed by atoms with Crippen LogP contribution in [0.15, 0.2) is 47.0 Å². The van der Waals surface area contributed by atoms with Gasteiger partial charge in [0.25, 0.3) is 0 Å². The van der Waals surface area contributed by atoms with Crippen molar-refractivity contribution in [2.45, 2.75) is 13.5 Å². The molecule has 5 heteroatoms. The topological polar surface area (TPSA) is 46.3 Å². The summed E-state index contributed by atoms with van der Waals surface area (Å²) >= 11 is 0. The molecule has 3 nitrogen and oxygen atoms in total. The summed E-state index contributed by atoms with van der Waals surface area (Å²) in [5.74, 6) is -1.48. The number of aliphatic hydroxyl groups excluding tert-OH is 1. The second-order valence-electron chi connectivity index (χ2n) is 5.00. The number of benzene rings is 2. The number of aliphatic hydroxyl groups is 1. The molecule has 0 aliphatic rings. The van der Waals surface area contributed by atoms with Gasteiger partial charge in [-0.3, -0.25) is 0 Å². The molecule has 0 fully saturated rings. The van der Waals surface area contributed by atoms with Crippen LogP contribution in [-0.4, -0.2) is 10.3 Å². The lowest BCUT2D eigenvalue weighted by molar-refractivity contribution is 0.281. The fourth-order valence-electron chi connectivity index (χ4n) is 2.34. The molecule has 1 aromatic heterocycles. The quantitative estimate of drug-likeness (QED) is 0.792. The lowest BCUT2D eigenvalue weighted by atomic mass is 10.0. The summed E-state index contributed by atoms with van der Waals surface area (Å²) in [6, 6.07) is 11.0. The first-order chi connectivity index (χ1) is 10.6. The first-order valence-corrected chi connectivity index (χ1v) is 6.72. The van der Waals surface area contributed by atoms with Gasteiger partial charge in [0.15, 0.2) is 17.4 Å². The molecule has 0 saturated carbocycles. The molecule has 0 aliphatic heterocycles. The Balaban J connectivity index is 2.13. The van der Waals surface area contributed by atoms with Crippen LogP contribution in [0.4, 0.5) is 8.78 Å². The van der Waals surface area contributed by atoms with Gasteiger partial charge in [0.2, 0.25) is 0 Å². The van der Waals surface area contributed by atoms with Gasteiger partial charge in [0.05, 0.1) is 12.2 Å². The zero-order valence-electron chi connectivity index (χ0n) is 11.8. The highest BCUT2D eigenvalue weighted by Gasteiger charge is 2.19. The highest BCUT2D eigenvalue weighted by Crippen LogP contribution is 2.33. The van der Waals surface area contributed by atoms with E-state index >= 15 is 0 Å². The average Bonchev–Trinajstić information content (AvgIpc) is 2.94. The minimum atomic E-state index is -0.971. The van der Waals surface area contributed by atoms with Crippen LogP contribution in [0.1, 0.15) is 11.1 Å². The Bertz CT molecular complexity index is 827. The molecular weight excluding hydrogens is 288 g/mol. The fourth-order valence-corrected chi connectivity index (χ4v) is 2.34. The van der Waals surface area contributed by atoms with Crippen molar-refractivity contribution in [3.05, 3.63) is 65.2 Å². The van der Waals surface area contributed by atoms with Crippen LogP contribution in [0.5, 0.6) is 0 Å². The van der Waals surface area contributed by atoms with E-state index in [4.69, 9.17) is 4.52 Å². The summed E-state index contributed by atoms with van der Waals surface area (Å²) in [7, 11) is 0. The van der Waals surface area contributed by atoms with Crippen molar-refractivity contribution in [3.8, 4) is 22.6 Å². The Kier molecular flexibility index (Phi) is 3.73. The standard InChI is InChI=1S/C17H13F2NO2/c1-10-3-2-4-12(7-10)17-13(9-21)16(20-22-17)11-5-6-14(18)15(19)8-11/h2-8,21H,9H2,1H3. The Morgan fingerprint density at radius 3 is 2.55 bits per heavy atom. The summed E-state index contributed by atoms with van der Waals surface area (Å²) in [4.78, 5) is 0. The number of hydrogen-bond donors (Lipinski definition) is 1. The Morgan fingerprint density at radius 2 is 1.86 bits per heavy atom. The largest absolute Gasteiger partial charge is 0.391 e. The van der Waals surface area contributed by atoms with Crippen LogP contribution >= 0.6 is 0 Å². The minimum Gasteiger partial charge on any atom is -0.391 e. The van der Waals surface area contributed by atoms with Crippen molar-refractivity contribution in [2.75, 3.05) is 0 Å². The highest BCUT2D eigenvalue weighted by molar-refractivity contribution is 5.72. The second-order valence-corrected chi connectivity index (χ2v) is 5.00. The molecule has 22 heavy (non-hydrogen) atoms. The minimum absolute atomic E-state index is 0.304. The zero-order chi connectivity index (χ0) is 15.7. The van der Waals surface area contributed by atoms with Crippen molar-refractivity contribution in [3.63, 3.8) is 0 Å². The Labute approximate surface area is 125 Å². The van der Waals surface area contributed by atoms with E-state index in [9.17, 15) is 13.9 Å². The van der Waals surface area contributed by atoms with E-state index in [0.29, 0.717) is 22.6 Å². The summed E-state index contributed by atoms with van der Waals surface area (Å²) in [5.41, 5.74) is 2.90. The van der Waals surface area contributed by atoms with Crippen molar-refractivity contribution >= 4 is 0 Å². The predicted octanol–water partition coefficient (Wildman–Crippen LogP) is 4.09. The van der Waals surface area contributed by atoms with Gasteiger partial charge < -0.3 is 9.63 Å². The van der Waals surface area contributed by atoms with Crippen molar-refractivity contribution in [1.82, 2.24) is 5.16 Å². The summed E-state index contributed by atoms with van der Waals surface area (Å²) in [5, 5.41) is 13.5. The van der Waals surface area contributed by atoms with Gasteiger partial charge in [-0.25, -0.2) is 8.78 Å². The molecule has 2 aromatic carbocycles. The maximum absolute atomic E-state index is 13.4. The second kappa shape index (κ2) is 5.69. The summed E-state index contributed by atoms with van der Waals surface area (Å²) < 4.78 is 31.8. The number of aromatic nitrogens is 1. The van der Waals surface area contributed by atoms with Gasteiger partial charge in [0, 0.05) is 11.1 Å². The Hall–Kier alpha value is -2.53. The monoisotopic (exact) mass is 301 g/mol. The van der Waals surface area contributed by atoms with Crippen molar-refractivity contribution < 1.29 is 18.4 Å². The lowest BCUT2D eigenvalue weighted by Crippen LogP contribution is -1.91. The SMILES string of the molecule is Cc1cccc(-c2onc(-c3ccc(F)c(F)c3)c2CO)c1. The molecule has 112 valence electrons. The molecule has 0 unspecified atom stereocenters. The number of hydrogen-bond acceptors (Lipinski definition) is 3. The van der Waals surface area contributed by atoms with Gasteiger partial charge in [0.1, 0.15) is 5.69 Å². The first-order valence-electron chi connectivity index (χ1n) is 6.72. The molecule has 0 aliphatic carbocycles.